The van der Waals surface area contributed by atoms with Gasteiger partial charge >= 0.3 is 0 Å². The van der Waals surface area contributed by atoms with Gasteiger partial charge in [0.05, 0.1) is 6.20 Å². The molecule has 0 saturated heterocycles. The van der Waals surface area contributed by atoms with Crippen LogP contribution in [-0.2, 0) is 13.0 Å². The summed E-state index contributed by atoms with van der Waals surface area (Å²) in [4.78, 5) is 0. The average Bonchev–Trinajstić information content (AvgIpc) is 2.50. The number of aryl methyl sites for hydroxylation is 1. The number of terminal acetylenes is 1. The summed E-state index contributed by atoms with van der Waals surface area (Å²) in [5.74, 6) is 2.53. The van der Waals surface area contributed by atoms with E-state index in [1.54, 1.807) is 4.68 Å². The molecule has 64 valence electrons. The Morgan fingerprint density at radius 3 is 3.17 bits per heavy atom. The van der Waals surface area contributed by atoms with E-state index in [1.807, 2.05) is 12.4 Å². The molecule has 0 aliphatic rings. The van der Waals surface area contributed by atoms with Gasteiger partial charge in [-0.05, 0) is 24.9 Å². The number of nitrogens with two attached hydrogens (primary N) is 1. The van der Waals surface area contributed by atoms with Gasteiger partial charge in [-0.15, -0.1) is 6.42 Å². The van der Waals surface area contributed by atoms with Gasteiger partial charge in [0.15, 0.2) is 0 Å². The first-order valence-electron chi connectivity index (χ1n) is 4.01. The molecule has 1 aromatic heterocycles. The van der Waals surface area contributed by atoms with Gasteiger partial charge in [0.2, 0.25) is 0 Å². The van der Waals surface area contributed by atoms with Crippen molar-refractivity contribution in [3.8, 4) is 12.3 Å². The van der Waals surface area contributed by atoms with Crippen LogP contribution in [0.3, 0.4) is 0 Å². The van der Waals surface area contributed by atoms with Crippen LogP contribution in [0.4, 0.5) is 0 Å². The molecule has 0 radical (unpaired) electrons. The normalized spacial score (nSPS) is 9.67. The third-order valence-electron chi connectivity index (χ3n) is 1.61. The highest BCUT2D eigenvalue weighted by atomic mass is 15.3. The van der Waals surface area contributed by atoms with Crippen molar-refractivity contribution in [2.45, 2.75) is 19.4 Å². The second kappa shape index (κ2) is 4.58. The summed E-state index contributed by atoms with van der Waals surface area (Å²) in [7, 11) is 0. The minimum Gasteiger partial charge on any atom is -0.330 e. The Kier molecular flexibility index (Phi) is 3.36. The van der Waals surface area contributed by atoms with Gasteiger partial charge in [-0.25, -0.2) is 0 Å². The highest BCUT2D eigenvalue weighted by Crippen LogP contribution is 2.00. The number of hydrogen-bond donors (Lipinski definition) is 1. The topological polar surface area (TPSA) is 43.8 Å². The van der Waals surface area contributed by atoms with Crippen LogP contribution in [-0.4, -0.2) is 16.3 Å². The molecule has 0 spiro atoms. The van der Waals surface area contributed by atoms with E-state index >= 15 is 0 Å². The summed E-state index contributed by atoms with van der Waals surface area (Å²) in [5, 5.41) is 4.09. The van der Waals surface area contributed by atoms with Gasteiger partial charge < -0.3 is 5.73 Å². The highest BCUT2D eigenvalue weighted by Gasteiger charge is 1.95. The van der Waals surface area contributed by atoms with Crippen LogP contribution in [0.5, 0.6) is 0 Å². The summed E-state index contributed by atoms with van der Waals surface area (Å²) < 4.78 is 1.76. The molecular formula is C9H13N3. The molecule has 0 aromatic carbocycles. The summed E-state index contributed by atoms with van der Waals surface area (Å²) >= 11 is 0. The number of nitrogens with zero attached hydrogens (tertiary/aromatic N) is 2. The summed E-state index contributed by atoms with van der Waals surface area (Å²) in [6, 6.07) is 0. The number of hydrogen-bond acceptors (Lipinski definition) is 2. The van der Waals surface area contributed by atoms with Crippen LogP contribution in [0.15, 0.2) is 12.4 Å². The van der Waals surface area contributed by atoms with Crippen LogP contribution in [0, 0.1) is 12.3 Å². The largest absolute Gasteiger partial charge is 0.330 e. The molecule has 1 aromatic rings. The monoisotopic (exact) mass is 163 g/mol. The lowest BCUT2D eigenvalue weighted by Crippen LogP contribution is -1.99. The lowest BCUT2D eigenvalue weighted by Gasteiger charge is -1.92. The van der Waals surface area contributed by atoms with Crippen LogP contribution < -0.4 is 5.73 Å². The van der Waals surface area contributed by atoms with Crippen LogP contribution in [0.1, 0.15) is 12.0 Å². The Morgan fingerprint density at radius 2 is 2.50 bits per heavy atom. The van der Waals surface area contributed by atoms with Crippen molar-refractivity contribution in [1.82, 2.24) is 9.78 Å². The van der Waals surface area contributed by atoms with Crippen molar-refractivity contribution < 1.29 is 0 Å². The fourth-order valence-electron chi connectivity index (χ4n) is 1.02. The molecule has 0 bridgehead atoms. The lowest BCUT2D eigenvalue weighted by atomic mass is 10.2. The van der Waals surface area contributed by atoms with E-state index in [0.29, 0.717) is 6.54 Å². The van der Waals surface area contributed by atoms with E-state index in [-0.39, 0.29) is 0 Å². The van der Waals surface area contributed by atoms with E-state index in [0.717, 1.165) is 19.4 Å². The molecule has 0 fully saturated rings. The maximum absolute atomic E-state index is 5.38. The van der Waals surface area contributed by atoms with Crippen LogP contribution in [0.25, 0.3) is 0 Å². The molecule has 0 unspecified atom stereocenters. The molecule has 1 heterocycles. The Balaban J connectivity index is 2.48. The summed E-state index contributed by atoms with van der Waals surface area (Å²) in [6.45, 7) is 1.27. The van der Waals surface area contributed by atoms with Gasteiger partial charge in [-0.2, -0.15) is 5.10 Å². The van der Waals surface area contributed by atoms with Gasteiger partial charge in [0, 0.05) is 6.20 Å². The van der Waals surface area contributed by atoms with Crippen molar-refractivity contribution in [1.29, 1.82) is 0 Å². The molecule has 0 aliphatic heterocycles. The molecule has 0 amide bonds. The maximum atomic E-state index is 5.38. The quantitative estimate of drug-likeness (QED) is 0.653. The molecule has 0 saturated carbocycles. The molecule has 0 aliphatic carbocycles. The van der Waals surface area contributed by atoms with Crippen molar-refractivity contribution in [3.63, 3.8) is 0 Å². The first kappa shape index (κ1) is 8.82. The molecule has 1 rings (SSSR count). The molecule has 12 heavy (non-hydrogen) atoms. The highest BCUT2D eigenvalue weighted by molar-refractivity contribution is 5.04. The molecule has 3 nitrogen and oxygen atoms in total. The zero-order chi connectivity index (χ0) is 8.81. The average molecular weight is 163 g/mol. The zero-order valence-electron chi connectivity index (χ0n) is 7.03. The Morgan fingerprint density at radius 1 is 1.67 bits per heavy atom. The smallest absolute Gasteiger partial charge is 0.101 e. The fraction of sp³-hybridized carbons (Fsp3) is 0.444. The Hall–Kier alpha value is -1.27. The predicted octanol–water partition coefficient (Wildman–Crippen LogP) is 0.408. The molecular weight excluding hydrogens is 150 g/mol. The lowest BCUT2D eigenvalue weighted by molar-refractivity contribution is 0.714. The second-order valence-corrected chi connectivity index (χ2v) is 2.64. The predicted molar refractivity (Wildman–Crippen MR) is 48.4 cm³/mol. The maximum Gasteiger partial charge on any atom is 0.101 e. The minimum absolute atomic E-state index is 0.544. The second-order valence-electron chi connectivity index (χ2n) is 2.64. The van der Waals surface area contributed by atoms with E-state index < -0.39 is 0 Å². The van der Waals surface area contributed by atoms with Gasteiger partial charge in [0.1, 0.15) is 6.54 Å². The summed E-state index contributed by atoms with van der Waals surface area (Å²) in [6.07, 6.45) is 10.9. The van der Waals surface area contributed by atoms with Crippen molar-refractivity contribution >= 4 is 0 Å². The Labute approximate surface area is 72.6 Å². The van der Waals surface area contributed by atoms with Gasteiger partial charge in [-0.1, -0.05) is 5.92 Å². The number of rotatable bonds is 4. The third-order valence-corrected chi connectivity index (χ3v) is 1.61. The molecule has 0 atom stereocenters. The molecule has 2 N–H and O–H groups in total. The van der Waals surface area contributed by atoms with E-state index in [4.69, 9.17) is 12.2 Å². The number of aromatic nitrogens is 2. The fourth-order valence-corrected chi connectivity index (χ4v) is 1.02. The SMILES string of the molecule is C#CCn1cc(CCCN)cn1. The van der Waals surface area contributed by atoms with Gasteiger partial charge in [-0.3, -0.25) is 4.68 Å². The Bertz CT molecular complexity index is 270. The first-order valence-corrected chi connectivity index (χ1v) is 4.01. The van der Waals surface area contributed by atoms with E-state index in [9.17, 15) is 0 Å². The minimum atomic E-state index is 0.544. The van der Waals surface area contributed by atoms with Crippen molar-refractivity contribution in [2.24, 2.45) is 5.73 Å². The molecule has 3 heteroatoms. The van der Waals surface area contributed by atoms with Crippen LogP contribution in [0.2, 0.25) is 0 Å². The van der Waals surface area contributed by atoms with Crippen molar-refractivity contribution in [2.75, 3.05) is 6.54 Å². The zero-order valence-corrected chi connectivity index (χ0v) is 7.03. The third kappa shape index (κ3) is 2.40. The van der Waals surface area contributed by atoms with E-state index in [2.05, 4.69) is 11.0 Å². The standard InChI is InChI=1S/C9H13N3/c1-2-6-12-8-9(7-11-12)4-3-5-10/h1,7-8H,3-6,10H2. The van der Waals surface area contributed by atoms with Crippen molar-refractivity contribution in [3.05, 3.63) is 18.0 Å². The van der Waals surface area contributed by atoms with E-state index in [1.165, 1.54) is 5.56 Å². The van der Waals surface area contributed by atoms with Crippen LogP contribution >= 0.6 is 0 Å². The first-order chi connectivity index (χ1) is 5.86. The van der Waals surface area contributed by atoms with Gasteiger partial charge in [0.25, 0.3) is 0 Å². The summed E-state index contributed by atoms with van der Waals surface area (Å²) in [5.41, 5.74) is 6.59.